The fourth-order valence-corrected chi connectivity index (χ4v) is 3.12. The Labute approximate surface area is 119 Å². The van der Waals surface area contributed by atoms with Crippen LogP contribution in [0.15, 0.2) is 43.3 Å². The summed E-state index contributed by atoms with van der Waals surface area (Å²) in [4.78, 5) is 26.2. The highest BCUT2D eigenvalue weighted by atomic mass is 79.9. The molecule has 3 rings (SSSR count). The lowest BCUT2D eigenvalue weighted by molar-refractivity contribution is 0.103. The normalized spacial score (nSPS) is 10.8. The number of carbonyl (C=O) groups excluding carboxylic acids is 1. The lowest BCUT2D eigenvalue weighted by Gasteiger charge is -2.03. The van der Waals surface area contributed by atoms with Crippen molar-refractivity contribution >= 4 is 50.0 Å². The third-order valence-corrected chi connectivity index (χ3v) is 4.34. The molecule has 2 aromatic heterocycles. The van der Waals surface area contributed by atoms with Crippen LogP contribution in [0, 0.1) is 0 Å². The van der Waals surface area contributed by atoms with E-state index in [1.54, 1.807) is 18.2 Å². The monoisotopic (exact) mass is 338 g/mol. The van der Waals surface area contributed by atoms with Crippen LogP contribution in [0.25, 0.3) is 11.1 Å². The molecule has 0 saturated carbocycles. The second-order valence-electron chi connectivity index (χ2n) is 3.78. The maximum Gasteiger partial charge on any atom is 0.417 e. The minimum Gasteiger partial charge on any atom is -0.408 e. The van der Waals surface area contributed by atoms with Crippen LogP contribution in [0.2, 0.25) is 0 Å². The number of halogens is 1. The topological polar surface area (TPSA) is 75.1 Å². The fourth-order valence-electron chi connectivity index (χ4n) is 1.67. The molecule has 0 aliphatic heterocycles. The SMILES string of the molecule is O=C(Nc1ccc2oc(=O)[nH]c2c1)c1sccc1Br. The summed E-state index contributed by atoms with van der Waals surface area (Å²) < 4.78 is 5.65. The van der Waals surface area contributed by atoms with Crippen LogP contribution in [0.1, 0.15) is 9.67 Å². The van der Waals surface area contributed by atoms with Crippen molar-refractivity contribution in [2.75, 3.05) is 5.32 Å². The lowest BCUT2D eigenvalue weighted by Crippen LogP contribution is -2.10. The zero-order valence-corrected chi connectivity index (χ0v) is 11.8. The number of thiophene rings is 1. The Kier molecular flexibility index (Phi) is 3.00. The van der Waals surface area contributed by atoms with E-state index in [4.69, 9.17) is 4.42 Å². The number of amides is 1. The molecule has 0 saturated heterocycles. The first-order chi connectivity index (χ1) is 9.13. The molecule has 96 valence electrons. The average Bonchev–Trinajstić information content (AvgIpc) is 2.93. The molecular weight excluding hydrogens is 332 g/mol. The predicted octanol–water partition coefficient (Wildman–Crippen LogP) is 3.20. The maximum atomic E-state index is 12.0. The van der Waals surface area contributed by atoms with Gasteiger partial charge in [-0.15, -0.1) is 11.3 Å². The van der Waals surface area contributed by atoms with Crippen molar-refractivity contribution < 1.29 is 9.21 Å². The number of nitrogens with one attached hydrogen (secondary N) is 2. The van der Waals surface area contributed by atoms with Crippen LogP contribution in [0.5, 0.6) is 0 Å². The molecule has 0 unspecified atom stereocenters. The third-order valence-electron chi connectivity index (χ3n) is 2.50. The summed E-state index contributed by atoms with van der Waals surface area (Å²) in [5.74, 6) is -0.716. The first-order valence-electron chi connectivity index (χ1n) is 5.31. The second-order valence-corrected chi connectivity index (χ2v) is 5.55. The Morgan fingerprint density at radius 3 is 2.95 bits per heavy atom. The van der Waals surface area contributed by atoms with Crippen LogP contribution < -0.4 is 11.1 Å². The van der Waals surface area contributed by atoms with Gasteiger partial charge < -0.3 is 9.73 Å². The van der Waals surface area contributed by atoms with Crippen LogP contribution in [0.3, 0.4) is 0 Å². The molecule has 2 heterocycles. The largest absolute Gasteiger partial charge is 0.417 e. The van der Waals surface area contributed by atoms with Crippen LogP contribution in [-0.4, -0.2) is 10.9 Å². The number of oxazole rings is 1. The highest BCUT2D eigenvalue weighted by molar-refractivity contribution is 9.10. The van der Waals surface area contributed by atoms with Crippen molar-refractivity contribution in [3.63, 3.8) is 0 Å². The minimum atomic E-state index is -0.514. The van der Waals surface area contributed by atoms with Crippen molar-refractivity contribution in [1.29, 1.82) is 0 Å². The molecule has 0 spiro atoms. The molecule has 5 nitrogen and oxygen atoms in total. The zero-order chi connectivity index (χ0) is 13.4. The van der Waals surface area contributed by atoms with Gasteiger partial charge in [0.15, 0.2) is 5.58 Å². The summed E-state index contributed by atoms with van der Waals surface area (Å²) in [6.07, 6.45) is 0. The first-order valence-corrected chi connectivity index (χ1v) is 6.98. The van der Waals surface area contributed by atoms with Gasteiger partial charge in [-0.2, -0.15) is 0 Å². The number of carbonyl (C=O) groups is 1. The minimum absolute atomic E-state index is 0.202. The molecule has 3 aromatic rings. The number of H-pyrrole nitrogens is 1. The Balaban J connectivity index is 1.91. The molecule has 1 aromatic carbocycles. The van der Waals surface area contributed by atoms with Gasteiger partial charge in [0.2, 0.25) is 0 Å². The van der Waals surface area contributed by atoms with Gasteiger partial charge in [0, 0.05) is 10.2 Å². The van der Waals surface area contributed by atoms with E-state index in [0.717, 1.165) is 4.47 Å². The molecule has 0 fully saturated rings. The summed E-state index contributed by atoms with van der Waals surface area (Å²) >= 11 is 4.66. The van der Waals surface area contributed by atoms with Crippen LogP contribution in [0.4, 0.5) is 5.69 Å². The van der Waals surface area contributed by atoms with E-state index in [1.807, 2.05) is 11.4 Å². The molecule has 7 heteroatoms. The average molecular weight is 339 g/mol. The van der Waals surface area contributed by atoms with E-state index in [9.17, 15) is 9.59 Å². The maximum absolute atomic E-state index is 12.0. The number of hydrogen-bond acceptors (Lipinski definition) is 4. The fraction of sp³-hybridized carbons (Fsp3) is 0. The van der Waals surface area contributed by atoms with Crippen molar-refractivity contribution in [1.82, 2.24) is 4.98 Å². The van der Waals surface area contributed by atoms with Crippen LogP contribution >= 0.6 is 27.3 Å². The van der Waals surface area contributed by atoms with Crippen molar-refractivity contribution in [2.45, 2.75) is 0 Å². The number of benzene rings is 1. The van der Waals surface area contributed by atoms with E-state index in [1.165, 1.54) is 11.3 Å². The van der Waals surface area contributed by atoms with E-state index < -0.39 is 5.76 Å². The van der Waals surface area contributed by atoms with E-state index in [0.29, 0.717) is 21.7 Å². The van der Waals surface area contributed by atoms with Crippen molar-refractivity contribution in [2.24, 2.45) is 0 Å². The molecule has 0 radical (unpaired) electrons. The number of hydrogen-bond donors (Lipinski definition) is 2. The molecule has 1 amide bonds. The van der Waals surface area contributed by atoms with E-state index >= 15 is 0 Å². The molecule has 0 aliphatic carbocycles. The van der Waals surface area contributed by atoms with Gasteiger partial charge in [-0.25, -0.2) is 4.79 Å². The molecule has 2 N–H and O–H groups in total. The number of anilines is 1. The zero-order valence-electron chi connectivity index (χ0n) is 9.40. The second kappa shape index (κ2) is 4.67. The highest BCUT2D eigenvalue weighted by Gasteiger charge is 2.12. The number of aromatic amines is 1. The van der Waals surface area contributed by atoms with Crippen molar-refractivity contribution in [3.05, 3.63) is 49.5 Å². The standard InChI is InChI=1S/C12H7BrN2O3S/c13-7-3-4-19-10(7)11(16)14-6-1-2-9-8(5-6)15-12(17)18-9/h1-5H,(H,14,16)(H,15,17). The van der Waals surface area contributed by atoms with Gasteiger partial charge in [-0.3, -0.25) is 9.78 Å². The first kappa shape index (κ1) is 12.2. The Morgan fingerprint density at radius 1 is 1.37 bits per heavy atom. The molecule has 0 atom stereocenters. The number of aromatic nitrogens is 1. The smallest absolute Gasteiger partial charge is 0.408 e. The predicted molar refractivity (Wildman–Crippen MR) is 76.8 cm³/mol. The Morgan fingerprint density at radius 2 is 2.21 bits per heavy atom. The Hall–Kier alpha value is -1.86. The number of fused-ring (bicyclic) bond motifs is 1. The van der Waals surface area contributed by atoms with E-state index in [-0.39, 0.29) is 5.91 Å². The third kappa shape index (κ3) is 2.34. The summed E-state index contributed by atoms with van der Waals surface area (Å²) in [6.45, 7) is 0. The van der Waals surface area contributed by atoms with Crippen molar-refractivity contribution in [3.8, 4) is 0 Å². The van der Waals surface area contributed by atoms with Crippen LogP contribution in [-0.2, 0) is 0 Å². The van der Waals surface area contributed by atoms with Gasteiger partial charge >= 0.3 is 5.76 Å². The van der Waals surface area contributed by atoms with Gasteiger partial charge in [0.1, 0.15) is 4.88 Å². The summed E-state index contributed by atoms with van der Waals surface area (Å²) in [5.41, 5.74) is 1.60. The lowest BCUT2D eigenvalue weighted by atomic mass is 10.3. The van der Waals surface area contributed by atoms with Gasteiger partial charge in [0.25, 0.3) is 5.91 Å². The number of rotatable bonds is 2. The Bertz CT molecular complexity index is 818. The summed E-state index contributed by atoms with van der Waals surface area (Å²) in [5, 5.41) is 4.59. The molecular formula is C12H7BrN2O3S. The van der Waals surface area contributed by atoms with Gasteiger partial charge in [-0.1, -0.05) is 0 Å². The van der Waals surface area contributed by atoms with Gasteiger partial charge in [-0.05, 0) is 45.6 Å². The van der Waals surface area contributed by atoms with Gasteiger partial charge in [0.05, 0.1) is 5.52 Å². The highest BCUT2D eigenvalue weighted by Crippen LogP contribution is 2.24. The summed E-state index contributed by atoms with van der Waals surface area (Å²) in [6, 6.07) is 6.78. The molecule has 0 aliphatic rings. The molecule has 0 bridgehead atoms. The quantitative estimate of drug-likeness (QED) is 0.753. The van der Waals surface area contributed by atoms with E-state index in [2.05, 4.69) is 26.2 Å². The molecule has 19 heavy (non-hydrogen) atoms. The summed E-state index contributed by atoms with van der Waals surface area (Å²) in [7, 11) is 0.